The maximum atomic E-state index is 12.3. The third-order valence-electron chi connectivity index (χ3n) is 3.85. The van der Waals surface area contributed by atoms with Crippen LogP contribution in [0.25, 0.3) is 0 Å². The minimum absolute atomic E-state index is 0.0502. The van der Waals surface area contributed by atoms with Gasteiger partial charge in [-0.05, 0) is 49.4 Å². The highest BCUT2D eigenvalue weighted by atomic mass is 32.1. The molecular weight excluding hydrogens is 382 g/mol. The molecule has 0 unspecified atom stereocenters. The van der Waals surface area contributed by atoms with Gasteiger partial charge < -0.3 is 16.2 Å². The lowest BCUT2D eigenvalue weighted by molar-refractivity contribution is -0.115. The first-order valence-electron chi connectivity index (χ1n) is 13.4. The van der Waals surface area contributed by atoms with E-state index in [0.717, 1.165) is 11.3 Å². The van der Waals surface area contributed by atoms with Crippen molar-refractivity contribution in [2.24, 2.45) is 0 Å². The van der Waals surface area contributed by atoms with E-state index >= 15 is 0 Å². The number of aliphatic hydroxyl groups is 1. The quantitative estimate of drug-likeness (QED) is 0.471. The first-order chi connectivity index (χ1) is 17.5. The molecule has 0 bridgehead atoms. The van der Waals surface area contributed by atoms with Crippen molar-refractivity contribution in [3.63, 3.8) is 0 Å². The Morgan fingerprint density at radius 1 is 1.34 bits per heavy atom. The van der Waals surface area contributed by atoms with Crippen LogP contribution in [0, 0.1) is 6.92 Å². The molecule has 1 heterocycles. The molecule has 0 fully saturated rings. The van der Waals surface area contributed by atoms with E-state index in [0.29, 0.717) is 5.69 Å². The molecule has 3 aromatic rings. The summed E-state index contributed by atoms with van der Waals surface area (Å²) in [5, 5.41) is 13.7. The Bertz CT molecular complexity index is 1320. The lowest BCUT2D eigenvalue weighted by Crippen LogP contribution is -2.14. The number of thiazole rings is 1. The van der Waals surface area contributed by atoms with Crippen LogP contribution < -0.4 is 11.1 Å². The summed E-state index contributed by atoms with van der Waals surface area (Å²) in [4.78, 5) is 16.2. The van der Waals surface area contributed by atoms with Gasteiger partial charge in [-0.3, -0.25) is 4.79 Å². The van der Waals surface area contributed by atoms with Crippen molar-refractivity contribution >= 4 is 28.1 Å². The Morgan fingerprint density at radius 3 is 2.86 bits per heavy atom. The number of nitrogens with two attached hydrogens (primary N) is 1. The zero-order chi connectivity index (χ0) is 28.6. The summed E-state index contributed by atoms with van der Waals surface area (Å²) in [5.41, 5.74) is 6.06. The lowest BCUT2D eigenvalue weighted by atomic mass is 10.00. The fourth-order valence-corrected chi connectivity index (χ4v) is 3.00. The third-order valence-corrected chi connectivity index (χ3v) is 4.49. The van der Waals surface area contributed by atoms with Crippen molar-refractivity contribution in [3.05, 3.63) is 76.2 Å². The minimum Gasteiger partial charge on any atom is -0.388 e. The fourth-order valence-electron chi connectivity index (χ4n) is 2.51. The molecule has 0 saturated heterocycles. The number of aliphatic hydroxyl groups excluding tert-OH is 1. The monoisotopic (exact) mass is 418 g/mol. The molecule has 5 nitrogen and oxygen atoms in total. The topological polar surface area (TPSA) is 88.2 Å². The van der Waals surface area contributed by atoms with Gasteiger partial charge in [0.15, 0.2) is 5.13 Å². The van der Waals surface area contributed by atoms with Crippen molar-refractivity contribution < 1.29 is 22.2 Å². The first kappa shape index (κ1) is 12.1. The van der Waals surface area contributed by atoms with E-state index < -0.39 is 48.8 Å². The highest BCUT2D eigenvalue weighted by Gasteiger charge is 2.08. The molecule has 29 heavy (non-hydrogen) atoms. The number of rotatable bonds is 9. The van der Waals surface area contributed by atoms with E-state index in [-0.39, 0.29) is 52.2 Å². The van der Waals surface area contributed by atoms with Crippen LogP contribution >= 0.6 is 11.3 Å². The second-order valence-electron chi connectivity index (χ2n) is 6.23. The van der Waals surface area contributed by atoms with Gasteiger partial charge in [0, 0.05) is 16.5 Å². The maximum Gasteiger partial charge on any atom is 0.230 e. The molecule has 6 heteroatoms. The molecule has 0 saturated carbocycles. The van der Waals surface area contributed by atoms with E-state index in [1.54, 1.807) is 0 Å². The molecule has 152 valence electrons. The number of aryl methyl sites for hydroxylation is 1. The van der Waals surface area contributed by atoms with E-state index in [1.807, 2.05) is 0 Å². The van der Waals surface area contributed by atoms with E-state index in [4.69, 9.17) is 18.1 Å². The molecule has 0 radical (unpaired) electrons. The van der Waals surface area contributed by atoms with Gasteiger partial charge >= 0.3 is 0 Å². The third kappa shape index (κ3) is 6.69. The number of carbonyl (C=O) groups is 1. The number of aromatic nitrogens is 1. The van der Waals surface area contributed by atoms with Crippen molar-refractivity contribution in [2.45, 2.75) is 45.0 Å². The fraction of sp³-hybridized carbons (Fsp3) is 0.304. The molecule has 1 aromatic heterocycles. The Labute approximate surface area is 188 Å². The Morgan fingerprint density at radius 2 is 2.14 bits per heavy atom. The predicted octanol–water partition coefficient (Wildman–Crippen LogP) is 4.66. The smallest absolute Gasteiger partial charge is 0.230 e. The van der Waals surface area contributed by atoms with Crippen LogP contribution in [0.5, 0.6) is 0 Å². The van der Waals surface area contributed by atoms with Crippen LogP contribution in [-0.2, 0) is 17.6 Å². The molecule has 4 N–H and O–H groups in total. The molecule has 1 atom stereocenters. The van der Waals surface area contributed by atoms with E-state index in [9.17, 15) is 9.90 Å². The Kier molecular flexibility index (Phi) is 4.25. The van der Waals surface area contributed by atoms with Crippen molar-refractivity contribution in [1.82, 2.24) is 4.98 Å². The van der Waals surface area contributed by atoms with Gasteiger partial charge in [-0.25, -0.2) is 4.98 Å². The molecule has 0 aliphatic heterocycles. The minimum atomic E-state index is -2.43. The average molecular weight is 419 g/mol. The zero-order valence-electron chi connectivity index (χ0n) is 24.8. The number of benzene rings is 2. The number of nitrogens with one attached hydrogen (secondary N) is 1. The molecule has 3 rings (SSSR count). The number of nitrogen functional groups attached to an aromatic ring is 1. The molecule has 0 aliphatic carbocycles. The van der Waals surface area contributed by atoms with Crippen LogP contribution in [0.15, 0.2) is 53.8 Å². The van der Waals surface area contributed by atoms with Crippen LogP contribution in [0.2, 0.25) is 0 Å². The summed E-state index contributed by atoms with van der Waals surface area (Å²) < 4.78 is 73.1. The number of hydrogen-bond acceptors (Lipinski definition) is 5. The van der Waals surface area contributed by atoms with Gasteiger partial charge in [0.05, 0.1) is 25.1 Å². The summed E-state index contributed by atoms with van der Waals surface area (Å²) in [6.45, 7) is 1.39. The van der Waals surface area contributed by atoms with Gasteiger partial charge in [0.2, 0.25) is 5.91 Å². The maximum absolute atomic E-state index is 12.3. The van der Waals surface area contributed by atoms with Crippen LogP contribution in [0.3, 0.4) is 0 Å². The van der Waals surface area contributed by atoms with Crippen molar-refractivity contribution in [1.29, 1.82) is 0 Å². The molecule has 2 aromatic carbocycles. The zero-order valence-corrected chi connectivity index (χ0v) is 16.6. The number of anilines is 2. The normalized spacial score (nSPS) is 17.4. The predicted molar refractivity (Wildman–Crippen MR) is 119 cm³/mol. The molecular formula is C23H27N3O2S. The van der Waals surface area contributed by atoms with Crippen molar-refractivity contribution in [2.75, 3.05) is 11.1 Å². The summed E-state index contributed by atoms with van der Waals surface area (Å²) in [6, 6.07) is 4.06. The second-order valence-corrected chi connectivity index (χ2v) is 7.05. The Balaban J connectivity index is 1.68. The molecule has 1 amide bonds. The second kappa shape index (κ2) is 10.2. The Hall–Kier alpha value is -2.70. The SMILES string of the molecule is [2H]c1sc(N)nc1CC(=O)Nc1ccc(C([2H])([2H])CCC([2H])([2H])[C@H](O)c2c([2H])c([2H])c([2H])c(C)c2[2H])cc1. The highest BCUT2D eigenvalue weighted by molar-refractivity contribution is 7.13. The highest BCUT2D eigenvalue weighted by Crippen LogP contribution is 2.21. The van der Waals surface area contributed by atoms with Gasteiger partial charge in [-0.15, -0.1) is 11.3 Å². The van der Waals surface area contributed by atoms with Crippen molar-refractivity contribution in [3.8, 4) is 0 Å². The van der Waals surface area contributed by atoms with Gasteiger partial charge in [-0.2, -0.15) is 0 Å². The van der Waals surface area contributed by atoms with Gasteiger partial charge in [0.1, 0.15) is 0 Å². The van der Waals surface area contributed by atoms with Gasteiger partial charge in [0.25, 0.3) is 0 Å². The van der Waals surface area contributed by atoms with Crippen LogP contribution in [0.1, 0.15) is 60.0 Å². The average Bonchev–Trinajstić information content (AvgIpc) is 3.16. The largest absolute Gasteiger partial charge is 0.388 e. The molecule has 0 spiro atoms. The lowest BCUT2D eigenvalue weighted by Gasteiger charge is -2.11. The number of carbonyl (C=O) groups excluding carboxylic acids is 1. The summed E-state index contributed by atoms with van der Waals surface area (Å²) in [5.74, 6) is -0.422. The summed E-state index contributed by atoms with van der Waals surface area (Å²) >= 11 is 0.967. The first-order valence-corrected chi connectivity index (χ1v) is 9.74. The van der Waals surface area contributed by atoms with Crippen LogP contribution in [0.4, 0.5) is 10.8 Å². The number of hydrogen-bond donors (Lipinski definition) is 3. The number of amides is 1. The summed E-state index contributed by atoms with van der Waals surface area (Å²) in [7, 11) is 0. The van der Waals surface area contributed by atoms with Gasteiger partial charge in [-0.1, -0.05) is 48.3 Å². The number of nitrogens with zero attached hydrogens (tertiary/aromatic N) is 1. The standard InChI is InChI=1S/C23H27N3O2S/c1-16-5-4-7-18(13-16)21(27)8-3-2-6-17-9-11-19(12-10-17)25-22(28)14-20-15-29-23(24)26-20/h4-5,7,9-13,15,21,27H,2-3,6,8,14H2,1H3,(H2,24,26)(H,25,28)/t21-/m0/s1/i4D,5D,6D2,7D,8D2,13D,15D. The van der Waals surface area contributed by atoms with Crippen LogP contribution in [-0.4, -0.2) is 16.0 Å². The van der Waals surface area contributed by atoms with E-state index in [2.05, 4.69) is 10.3 Å². The van der Waals surface area contributed by atoms with E-state index in [1.165, 1.54) is 31.2 Å². The summed E-state index contributed by atoms with van der Waals surface area (Å²) in [6.07, 6.45) is -7.34. The molecule has 0 aliphatic rings.